The third-order valence-corrected chi connectivity index (χ3v) is 11.0. The Morgan fingerprint density at radius 1 is 0.750 bits per heavy atom. The first kappa shape index (κ1) is 55.2. The second-order valence-corrected chi connectivity index (χ2v) is 16.3. The van der Waals surface area contributed by atoms with E-state index in [9.17, 15) is 14.7 Å². The molecule has 2 fully saturated rings. The Balaban J connectivity index is 0.000000244. The van der Waals surface area contributed by atoms with Crippen molar-refractivity contribution < 1.29 is 34.0 Å². The molecule has 6 aromatic rings. The second kappa shape index (κ2) is 27.6. The van der Waals surface area contributed by atoms with Crippen molar-refractivity contribution in [1.82, 2.24) is 44.4 Å². The number of hydrogen-bond donors (Lipinski definition) is 6. The lowest BCUT2D eigenvalue weighted by Gasteiger charge is -2.23. The monoisotopic (exact) mass is 1010 g/mol. The maximum absolute atomic E-state index is 12.7. The molecule has 0 aliphatic carbocycles. The number of nitrogens with two attached hydrogens (primary N) is 1. The Morgan fingerprint density at radius 2 is 1.22 bits per heavy atom. The highest BCUT2D eigenvalue weighted by molar-refractivity contribution is 7.59. The van der Waals surface area contributed by atoms with Gasteiger partial charge in [-0.3, -0.25) is 13.9 Å². The van der Waals surface area contributed by atoms with E-state index in [1.54, 1.807) is 76.6 Å². The van der Waals surface area contributed by atoms with E-state index in [1.165, 1.54) is 13.4 Å². The number of aliphatic hydroxyl groups excluding tert-OH is 2. The molecule has 2 aromatic carbocycles. The summed E-state index contributed by atoms with van der Waals surface area (Å²) in [6.45, 7) is 6.43. The number of nitrogens with one attached hydrogen (secondary N) is 3. The summed E-state index contributed by atoms with van der Waals surface area (Å²) in [5.74, 6) is 1.52. The number of ether oxygens (including phenoxy) is 3. The molecule has 7 N–H and O–H groups in total. The van der Waals surface area contributed by atoms with Crippen molar-refractivity contribution in [3.63, 3.8) is 0 Å². The lowest BCUT2D eigenvalue weighted by molar-refractivity contribution is 0.0594. The van der Waals surface area contributed by atoms with Gasteiger partial charge >= 0.3 is 5.97 Å². The zero-order chi connectivity index (χ0) is 47.0. The largest absolute Gasteiger partial charge is 0.464 e. The van der Waals surface area contributed by atoms with E-state index in [0.29, 0.717) is 45.2 Å². The Morgan fingerprint density at radius 3 is 1.69 bits per heavy atom. The SMILES string of the molecule is COC(=O)c1cn(-c2nc(NC3CCOCC3)ncc2C)cn1.Cc1cnc(NC2CCOCC2)nc1-n1cnc(C(=O)N[C@H](CO)c2cccc(Cl)c2)c1.N[C@H](CO)c1cccc(Cl)c1.S.S. The molecule has 2 saturated heterocycles. The van der Waals surface area contributed by atoms with Gasteiger partial charge in [-0.15, -0.1) is 0 Å². The zero-order valence-electron chi connectivity index (χ0n) is 37.8. The van der Waals surface area contributed by atoms with Crippen LogP contribution in [0.25, 0.3) is 11.6 Å². The number of aromatic nitrogens is 8. The van der Waals surface area contributed by atoms with Gasteiger partial charge in [0.2, 0.25) is 11.9 Å². The molecule has 1 amide bonds. The summed E-state index contributed by atoms with van der Waals surface area (Å²) in [6.07, 6.45) is 13.5. The first-order chi connectivity index (χ1) is 31.9. The number of nitrogens with zero attached hydrogens (tertiary/aromatic N) is 8. The van der Waals surface area contributed by atoms with Crippen molar-refractivity contribution in [2.24, 2.45) is 5.73 Å². The quantitative estimate of drug-likeness (QED) is 0.0772. The molecule has 2 aliphatic rings. The van der Waals surface area contributed by atoms with Crippen LogP contribution in [0.5, 0.6) is 0 Å². The molecule has 0 saturated carbocycles. The fourth-order valence-electron chi connectivity index (χ4n) is 6.81. The molecule has 0 radical (unpaired) electrons. The number of rotatable bonds is 13. The molecule has 366 valence electrons. The number of carbonyl (C=O) groups is 2. The Bertz CT molecular complexity index is 2530. The summed E-state index contributed by atoms with van der Waals surface area (Å²) in [5.41, 5.74) is 9.31. The van der Waals surface area contributed by atoms with Crippen molar-refractivity contribution >= 4 is 74.0 Å². The highest BCUT2D eigenvalue weighted by Crippen LogP contribution is 2.21. The fraction of sp³-hybridized carbons (Fsp3) is 0.378. The van der Waals surface area contributed by atoms with Gasteiger partial charge in [-0.25, -0.2) is 24.7 Å². The summed E-state index contributed by atoms with van der Waals surface area (Å²) < 4.78 is 18.8. The normalized spacial score (nSPS) is 14.5. The average molecular weight is 1010 g/mol. The molecule has 0 bridgehead atoms. The average Bonchev–Trinajstić information content (AvgIpc) is 4.04. The number of methoxy groups -OCH3 is 1. The summed E-state index contributed by atoms with van der Waals surface area (Å²) in [6, 6.07) is 13.8. The van der Waals surface area contributed by atoms with Gasteiger partial charge in [-0.2, -0.15) is 37.0 Å². The summed E-state index contributed by atoms with van der Waals surface area (Å²) in [5, 5.41) is 29.1. The summed E-state index contributed by atoms with van der Waals surface area (Å²) in [7, 11) is 1.33. The molecule has 0 unspecified atom stereocenters. The highest BCUT2D eigenvalue weighted by Gasteiger charge is 2.20. The first-order valence-electron chi connectivity index (χ1n) is 21.3. The third kappa shape index (κ3) is 15.9. The van der Waals surface area contributed by atoms with Gasteiger partial charge in [0, 0.05) is 84.5 Å². The maximum atomic E-state index is 12.7. The third-order valence-electron chi connectivity index (χ3n) is 10.5. The number of aryl methyl sites for hydroxylation is 2. The van der Waals surface area contributed by atoms with Gasteiger partial charge in [0.25, 0.3) is 5.91 Å². The first-order valence-corrected chi connectivity index (χ1v) is 22.0. The van der Waals surface area contributed by atoms with Gasteiger partial charge in [0.15, 0.2) is 5.69 Å². The van der Waals surface area contributed by atoms with Crippen LogP contribution in [-0.2, 0) is 14.2 Å². The number of hydrogen-bond acceptors (Lipinski definition) is 16. The number of carbonyl (C=O) groups excluding carboxylic acids is 2. The number of anilines is 2. The van der Waals surface area contributed by atoms with Crippen LogP contribution in [0.2, 0.25) is 10.0 Å². The molecule has 6 heterocycles. The number of amides is 1. The van der Waals surface area contributed by atoms with Crippen molar-refractivity contribution in [1.29, 1.82) is 0 Å². The highest BCUT2D eigenvalue weighted by atomic mass is 35.5. The van der Waals surface area contributed by atoms with Crippen LogP contribution < -0.4 is 21.7 Å². The number of esters is 1. The van der Waals surface area contributed by atoms with Crippen LogP contribution in [-0.4, -0.2) is 120 Å². The van der Waals surface area contributed by atoms with E-state index in [2.05, 4.69) is 50.6 Å². The lowest BCUT2D eigenvalue weighted by atomic mass is 10.1. The number of halogens is 2. The molecular weight excluding hydrogens is 956 g/mol. The standard InChI is InChI=1S/C22H25ClN6O3.C15H19N5O3.C8H10ClNO.2H2S/c1-14-10-24-22(26-17-5-7-32-8-6-17)28-20(14)29-11-18(25-13-29)21(31)27-19(12-30)15-3-2-4-16(23)9-15;1-10-7-16-15(18-11-3-5-23-6-4-11)19-13(10)20-8-12(17-9-20)14(21)22-2;9-7-3-1-2-6(4-7)8(10)5-11;;/h2-4,9-11,13,17,19,30H,5-8,12H2,1H3,(H,27,31)(H,24,26,28);7-9,11H,3-6H2,1-2H3,(H,16,18,19);1-4,8,11H,5,10H2;2*1H2/t19-;;8-;;/m1.1../s1. The lowest BCUT2D eigenvalue weighted by Crippen LogP contribution is -2.31. The van der Waals surface area contributed by atoms with Gasteiger partial charge in [-0.05, 0) is 74.9 Å². The number of aliphatic hydroxyl groups is 2. The topological polar surface area (TPSA) is 252 Å². The van der Waals surface area contributed by atoms with Gasteiger partial charge in [-0.1, -0.05) is 47.5 Å². The smallest absolute Gasteiger partial charge is 0.358 e. The molecule has 8 rings (SSSR count). The van der Waals surface area contributed by atoms with Crippen molar-refractivity contribution in [3.05, 3.63) is 130 Å². The van der Waals surface area contributed by atoms with E-state index in [-0.39, 0.29) is 63.7 Å². The van der Waals surface area contributed by atoms with E-state index in [4.69, 9.17) is 43.5 Å². The Kier molecular flexibility index (Phi) is 22.4. The predicted molar refractivity (Wildman–Crippen MR) is 269 cm³/mol. The van der Waals surface area contributed by atoms with Crippen molar-refractivity contribution in [2.45, 2.75) is 63.7 Å². The minimum Gasteiger partial charge on any atom is -0.464 e. The number of benzene rings is 2. The molecule has 68 heavy (non-hydrogen) atoms. The van der Waals surface area contributed by atoms with E-state index >= 15 is 0 Å². The molecule has 23 heteroatoms. The fourth-order valence-corrected chi connectivity index (χ4v) is 7.21. The van der Waals surface area contributed by atoms with E-state index < -0.39 is 17.9 Å². The van der Waals surface area contributed by atoms with E-state index in [1.807, 2.05) is 26.0 Å². The predicted octanol–water partition coefficient (Wildman–Crippen LogP) is 5.58. The van der Waals surface area contributed by atoms with Gasteiger partial charge in [0.05, 0.1) is 32.4 Å². The zero-order valence-corrected chi connectivity index (χ0v) is 41.3. The minimum absolute atomic E-state index is 0. The summed E-state index contributed by atoms with van der Waals surface area (Å²) in [4.78, 5) is 50.4. The van der Waals surface area contributed by atoms with Crippen LogP contribution in [0.15, 0.2) is 86.0 Å². The molecule has 2 atom stereocenters. The van der Waals surface area contributed by atoms with Gasteiger partial charge < -0.3 is 46.1 Å². The molecule has 0 spiro atoms. The molecule has 19 nitrogen and oxygen atoms in total. The van der Waals surface area contributed by atoms with Crippen molar-refractivity contribution in [3.8, 4) is 11.6 Å². The summed E-state index contributed by atoms with van der Waals surface area (Å²) >= 11 is 11.7. The van der Waals surface area contributed by atoms with Gasteiger partial charge in [0.1, 0.15) is 30.0 Å². The van der Waals surface area contributed by atoms with Crippen LogP contribution >= 0.6 is 50.2 Å². The second-order valence-electron chi connectivity index (χ2n) is 15.4. The molecule has 2 aliphatic heterocycles. The number of imidazole rings is 2. The molecule has 4 aromatic heterocycles. The Hall–Kier alpha value is -5.36. The van der Waals surface area contributed by atoms with Crippen LogP contribution in [0.4, 0.5) is 11.9 Å². The van der Waals surface area contributed by atoms with Crippen LogP contribution in [0.1, 0.15) is 81.0 Å². The maximum Gasteiger partial charge on any atom is 0.358 e. The Labute approximate surface area is 418 Å². The van der Waals surface area contributed by atoms with Crippen LogP contribution in [0.3, 0.4) is 0 Å². The minimum atomic E-state index is -0.595. The van der Waals surface area contributed by atoms with Crippen LogP contribution in [0, 0.1) is 13.8 Å². The van der Waals surface area contributed by atoms with E-state index in [0.717, 1.165) is 68.8 Å². The molecular formula is C45H58Cl2N12O7S2. The van der Waals surface area contributed by atoms with Crippen molar-refractivity contribution in [2.75, 3.05) is 57.4 Å².